The number of nitrogens with zero attached hydrogens (tertiary/aromatic N) is 2. The Balaban J connectivity index is 3.15. The van der Waals surface area contributed by atoms with Gasteiger partial charge in [0.25, 0.3) is 5.69 Å². The zero-order valence-electron chi connectivity index (χ0n) is 11.2. The quantitative estimate of drug-likeness (QED) is 0.363. The van der Waals surface area contributed by atoms with Gasteiger partial charge < -0.3 is 14.8 Å². The van der Waals surface area contributed by atoms with E-state index in [-0.39, 0.29) is 17.0 Å². The van der Waals surface area contributed by atoms with Crippen LogP contribution in [0.1, 0.15) is 5.56 Å². The predicted molar refractivity (Wildman–Crippen MR) is 78.6 cm³/mol. The summed E-state index contributed by atoms with van der Waals surface area (Å²) >= 11 is 4.83. The maximum absolute atomic E-state index is 11.0. The molecule has 0 spiro atoms. The second-order valence-electron chi connectivity index (χ2n) is 3.47. The topological polar surface area (TPSA) is 98.0 Å². The summed E-state index contributed by atoms with van der Waals surface area (Å²) < 4.78 is 10.1. The first-order valence-electron chi connectivity index (χ1n) is 5.44. The Kier molecular flexibility index (Phi) is 5.66. The highest BCUT2D eigenvalue weighted by Gasteiger charge is 2.18. The summed E-state index contributed by atoms with van der Waals surface area (Å²) in [5.41, 5.74) is 2.62. The Bertz CT molecular complexity index is 547. The fourth-order valence-electron chi connectivity index (χ4n) is 1.36. The molecule has 2 N–H and O–H groups in total. The number of hydrogen-bond acceptors (Lipinski definition) is 6. The van der Waals surface area contributed by atoms with Gasteiger partial charge in [-0.3, -0.25) is 15.5 Å². The molecule has 0 aliphatic heterocycles. The first kappa shape index (κ1) is 15.6. The highest BCUT2D eigenvalue weighted by Crippen LogP contribution is 2.33. The molecule has 0 fully saturated rings. The first-order chi connectivity index (χ1) is 9.53. The van der Waals surface area contributed by atoms with Crippen molar-refractivity contribution in [1.82, 2.24) is 10.7 Å². The number of rotatable bonds is 5. The Morgan fingerprint density at radius 1 is 1.40 bits per heavy atom. The summed E-state index contributed by atoms with van der Waals surface area (Å²) in [6.07, 6.45) is 1.28. The third-order valence-corrected chi connectivity index (χ3v) is 2.62. The van der Waals surface area contributed by atoms with Crippen molar-refractivity contribution < 1.29 is 14.4 Å². The number of hydrazone groups is 1. The monoisotopic (exact) mass is 298 g/mol. The van der Waals surface area contributed by atoms with Crippen molar-refractivity contribution in [1.29, 1.82) is 0 Å². The second kappa shape index (κ2) is 7.24. The van der Waals surface area contributed by atoms with Gasteiger partial charge in [0.15, 0.2) is 16.6 Å². The molecule has 0 aliphatic rings. The first-order valence-corrected chi connectivity index (χ1v) is 5.85. The second-order valence-corrected chi connectivity index (χ2v) is 3.88. The van der Waals surface area contributed by atoms with Crippen LogP contribution >= 0.6 is 12.2 Å². The molecular weight excluding hydrogens is 284 g/mol. The highest BCUT2D eigenvalue weighted by atomic mass is 32.1. The smallest absolute Gasteiger partial charge is 0.282 e. The maximum atomic E-state index is 11.0. The molecule has 0 aliphatic carbocycles. The third-order valence-electron chi connectivity index (χ3n) is 2.33. The third kappa shape index (κ3) is 3.79. The number of nitro groups is 1. The van der Waals surface area contributed by atoms with E-state index >= 15 is 0 Å². The Morgan fingerprint density at radius 2 is 2.00 bits per heavy atom. The normalized spacial score (nSPS) is 10.2. The van der Waals surface area contributed by atoms with Crippen molar-refractivity contribution in [3.63, 3.8) is 0 Å². The molecule has 1 aromatic rings. The molecule has 0 aromatic heterocycles. The molecule has 0 unspecified atom stereocenters. The Labute approximate surface area is 120 Å². The van der Waals surface area contributed by atoms with Gasteiger partial charge in [0, 0.05) is 7.05 Å². The minimum absolute atomic E-state index is 0.149. The predicted octanol–water partition coefficient (Wildman–Crippen LogP) is 1.04. The molecule has 8 nitrogen and oxygen atoms in total. The van der Waals surface area contributed by atoms with E-state index in [2.05, 4.69) is 15.8 Å². The lowest BCUT2D eigenvalue weighted by Crippen LogP contribution is -2.28. The lowest BCUT2D eigenvalue weighted by atomic mass is 10.1. The summed E-state index contributed by atoms with van der Waals surface area (Å²) in [5, 5.41) is 17.8. The van der Waals surface area contributed by atoms with Gasteiger partial charge in [-0.25, -0.2) is 0 Å². The molecule has 108 valence electrons. The largest absolute Gasteiger partial charge is 0.493 e. The van der Waals surface area contributed by atoms with Gasteiger partial charge in [0.05, 0.1) is 37.0 Å². The molecular formula is C11H14N4O4S. The minimum Gasteiger partial charge on any atom is -0.493 e. The van der Waals surface area contributed by atoms with Crippen molar-refractivity contribution in [3.05, 3.63) is 27.8 Å². The molecule has 0 saturated carbocycles. The van der Waals surface area contributed by atoms with E-state index in [4.69, 9.17) is 21.7 Å². The number of thiocarbonyl (C=S) groups is 1. The van der Waals surface area contributed by atoms with Crippen LogP contribution in [0.25, 0.3) is 0 Å². The maximum Gasteiger partial charge on any atom is 0.282 e. The molecule has 0 atom stereocenters. The highest BCUT2D eigenvalue weighted by molar-refractivity contribution is 7.80. The van der Waals surface area contributed by atoms with E-state index < -0.39 is 4.92 Å². The molecule has 0 heterocycles. The van der Waals surface area contributed by atoms with Crippen LogP contribution in [0.2, 0.25) is 0 Å². The Morgan fingerprint density at radius 3 is 2.50 bits per heavy atom. The standard InChI is InChI=1S/C11H14N4O4S/c1-12-11(20)14-13-6-7-4-9(18-2)10(19-3)5-8(7)15(16)17/h4-6H,1-3H3,(H2,12,14,20)/b13-6-. The number of hydrogen-bond donors (Lipinski definition) is 2. The molecule has 0 saturated heterocycles. The van der Waals surface area contributed by atoms with E-state index in [1.54, 1.807) is 7.05 Å². The van der Waals surface area contributed by atoms with E-state index in [0.717, 1.165) is 0 Å². The summed E-state index contributed by atoms with van der Waals surface area (Å²) in [6, 6.07) is 2.74. The fourth-order valence-corrected chi connectivity index (χ4v) is 1.41. The lowest BCUT2D eigenvalue weighted by Gasteiger charge is -2.08. The molecule has 1 rings (SSSR count). The van der Waals surface area contributed by atoms with E-state index in [1.165, 1.54) is 32.6 Å². The minimum atomic E-state index is -0.528. The van der Waals surface area contributed by atoms with Gasteiger partial charge >= 0.3 is 0 Å². The number of benzene rings is 1. The summed E-state index contributed by atoms with van der Waals surface area (Å²) in [5.74, 6) is 0.644. The molecule has 0 radical (unpaired) electrons. The van der Waals surface area contributed by atoms with Gasteiger partial charge in [-0.2, -0.15) is 5.10 Å². The van der Waals surface area contributed by atoms with E-state index in [0.29, 0.717) is 10.9 Å². The lowest BCUT2D eigenvalue weighted by molar-refractivity contribution is -0.385. The van der Waals surface area contributed by atoms with Crippen molar-refractivity contribution in [3.8, 4) is 11.5 Å². The van der Waals surface area contributed by atoms with Crippen LogP contribution in [-0.4, -0.2) is 37.5 Å². The fraction of sp³-hybridized carbons (Fsp3) is 0.273. The van der Waals surface area contributed by atoms with E-state index in [1.807, 2.05) is 0 Å². The van der Waals surface area contributed by atoms with Crippen LogP contribution < -0.4 is 20.2 Å². The van der Waals surface area contributed by atoms with Crippen molar-refractivity contribution in [2.24, 2.45) is 5.10 Å². The summed E-state index contributed by atoms with van der Waals surface area (Å²) in [4.78, 5) is 10.5. The average molecular weight is 298 g/mol. The van der Waals surface area contributed by atoms with Gasteiger partial charge in [0.2, 0.25) is 0 Å². The van der Waals surface area contributed by atoms with Crippen molar-refractivity contribution in [2.45, 2.75) is 0 Å². The van der Waals surface area contributed by atoms with Crippen molar-refractivity contribution >= 4 is 29.2 Å². The number of ether oxygens (including phenoxy) is 2. The molecule has 9 heteroatoms. The van der Waals surface area contributed by atoms with Crippen LogP contribution in [0.4, 0.5) is 5.69 Å². The Hall–Kier alpha value is -2.42. The van der Waals surface area contributed by atoms with Crippen molar-refractivity contribution in [2.75, 3.05) is 21.3 Å². The van der Waals surface area contributed by atoms with E-state index in [9.17, 15) is 10.1 Å². The molecule has 1 aromatic carbocycles. The number of methoxy groups -OCH3 is 2. The molecule has 0 amide bonds. The summed E-state index contributed by atoms with van der Waals surface area (Å²) in [7, 11) is 4.48. The SMILES string of the molecule is CNC(=S)N/N=C\c1cc(OC)c(OC)cc1[N+](=O)[O-]. The van der Waals surface area contributed by atoms with Gasteiger partial charge in [-0.1, -0.05) is 0 Å². The number of nitrogens with one attached hydrogen (secondary N) is 2. The molecule has 0 bridgehead atoms. The van der Waals surface area contributed by atoms with Crippen LogP contribution in [-0.2, 0) is 0 Å². The van der Waals surface area contributed by atoms with Crippen LogP contribution in [0.15, 0.2) is 17.2 Å². The summed E-state index contributed by atoms with van der Waals surface area (Å²) in [6.45, 7) is 0. The zero-order chi connectivity index (χ0) is 15.1. The van der Waals surface area contributed by atoms with Gasteiger partial charge in [0.1, 0.15) is 0 Å². The average Bonchev–Trinajstić information content (AvgIpc) is 2.45. The van der Waals surface area contributed by atoms with Gasteiger partial charge in [-0.15, -0.1) is 0 Å². The molecule has 20 heavy (non-hydrogen) atoms. The number of nitro benzene ring substituents is 1. The van der Waals surface area contributed by atoms with Crippen LogP contribution in [0.3, 0.4) is 0 Å². The van der Waals surface area contributed by atoms with Crippen LogP contribution in [0, 0.1) is 10.1 Å². The van der Waals surface area contributed by atoms with Gasteiger partial charge in [-0.05, 0) is 18.3 Å². The zero-order valence-corrected chi connectivity index (χ0v) is 12.0. The van der Waals surface area contributed by atoms with Crippen LogP contribution in [0.5, 0.6) is 11.5 Å².